The summed E-state index contributed by atoms with van der Waals surface area (Å²) in [5.41, 5.74) is 1.94. The lowest BCUT2D eigenvalue weighted by Gasteiger charge is -2.23. The molecule has 2 aromatic heterocycles. The highest BCUT2D eigenvalue weighted by Gasteiger charge is 2.25. The Balaban J connectivity index is 1.98. The molecular formula is C21H25ClN4OS. The second-order valence-corrected chi connectivity index (χ2v) is 9.00. The molecule has 0 amide bonds. The van der Waals surface area contributed by atoms with Gasteiger partial charge in [0.15, 0.2) is 0 Å². The van der Waals surface area contributed by atoms with E-state index in [1.165, 1.54) is 10.4 Å². The number of halogens is 1. The smallest absolute Gasteiger partial charge is 0.268 e. The summed E-state index contributed by atoms with van der Waals surface area (Å²) in [7, 11) is 4.13. The Morgan fingerprint density at radius 1 is 1.36 bits per heavy atom. The minimum absolute atomic E-state index is 0.00710. The molecule has 28 heavy (non-hydrogen) atoms. The Kier molecular flexibility index (Phi) is 5.45. The Labute approximate surface area is 174 Å². The van der Waals surface area contributed by atoms with Crippen LogP contribution in [0.2, 0.25) is 5.02 Å². The number of fused-ring (bicyclic) bond motifs is 3. The molecule has 0 fully saturated rings. The Hall–Kier alpha value is -1.89. The minimum Gasteiger partial charge on any atom is -0.345 e. The molecule has 1 aliphatic rings. The van der Waals surface area contributed by atoms with Crippen LogP contribution in [-0.2, 0) is 13.0 Å². The number of thiophene rings is 1. The molecular weight excluding hydrogens is 392 g/mol. The van der Waals surface area contributed by atoms with Gasteiger partial charge in [0.05, 0.1) is 11.1 Å². The van der Waals surface area contributed by atoms with Gasteiger partial charge in [-0.25, -0.2) is 9.55 Å². The predicted molar refractivity (Wildman–Crippen MR) is 118 cm³/mol. The zero-order chi connectivity index (χ0) is 19.8. The number of hydrogen-bond acceptors (Lipinski definition) is 5. The molecule has 5 nitrogen and oxygen atoms in total. The van der Waals surface area contributed by atoms with Crippen LogP contribution in [-0.4, -0.2) is 41.6 Å². The molecule has 3 aromatic rings. The maximum atomic E-state index is 13.7. The Morgan fingerprint density at radius 2 is 2.18 bits per heavy atom. The second kappa shape index (κ2) is 7.85. The highest BCUT2D eigenvalue weighted by molar-refractivity contribution is 7.18. The largest absolute Gasteiger partial charge is 0.345 e. The van der Waals surface area contributed by atoms with E-state index < -0.39 is 0 Å². The SMILES string of the molecule is CCCCN(C)c1nc2sc3c(c2c(=O)n1-c1cccc(Cl)c1)CCN(C)C3. The summed E-state index contributed by atoms with van der Waals surface area (Å²) in [6, 6.07) is 7.46. The van der Waals surface area contributed by atoms with E-state index in [9.17, 15) is 4.79 Å². The number of hydrogen-bond donors (Lipinski definition) is 0. The van der Waals surface area contributed by atoms with Crippen LogP contribution in [0, 0.1) is 0 Å². The van der Waals surface area contributed by atoms with Crippen LogP contribution in [0.15, 0.2) is 29.1 Å². The summed E-state index contributed by atoms with van der Waals surface area (Å²) in [5.74, 6) is 0.681. The minimum atomic E-state index is 0.00710. The van der Waals surface area contributed by atoms with Gasteiger partial charge in [-0.1, -0.05) is 31.0 Å². The Morgan fingerprint density at radius 3 is 2.93 bits per heavy atom. The summed E-state index contributed by atoms with van der Waals surface area (Å²) in [6.45, 7) is 4.86. The van der Waals surface area contributed by atoms with Crippen LogP contribution in [0.4, 0.5) is 5.95 Å². The zero-order valence-corrected chi connectivity index (χ0v) is 18.1. The van der Waals surface area contributed by atoms with Gasteiger partial charge in [0, 0.05) is 36.6 Å². The number of benzene rings is 1. The van der Waals surface area contributed by atoms with Gasteiger partial charge in [-0.2, -0.15) is 0 Å². The third kappa shape index (κ3) is 3.45. The van der Waals surface area contributed by atoms with Crippen molar-refractivity contribution < 1.29 is 0 Å². The first kappa shape index (κ1) is 19.4. The molecule has 0 aliphatic carbocycles. The van der Waals surface area contributed by atoms with Crippen LogP contribution >= 0.6 is 22.9 Å². The van der Waals surface area contributed by atoms with Crippen molar-refractivity contribution in [3.63, 3.8) is 0 Å². The van der Waals surface area contributed by atoms with Crippen molar-refractivity contribution in [3.8, 4) is 5.69 Å². The van der Waals surface area contributed by atoms with E-state index in [1.54, 1.807) is 15.9 Å². The molecule has 3 heterocycles. The molecule has 0 spiro atoms. The van der Waals surface area contributed by atoms with Gasteiger partial charge >= 0.3 is 0 Å². The van der Waals surface area contributed by atoms with E-state index in [-0.39, 0.29) is 5.56 Å². The lowest BCUT2D eigenvalue weighted by atomic mass is 10.1. The number of anilines is 1. The molecule has 0 N–H and O–H groups in total. The number of unbranched alkanes of at least 4 members (excludes halogenated alkanes) is 1. The van der Waals surface area contributed by atoms with E-state index in [2.05, 4.69) is 23.8 Å². The maximum Gasteiger partial charge on any atom is 0.268 e. The van der Waals surface area contributed by atoms with Crippen LogP contribution in [0.1, 0.15) is 30.2 Å². The number of aromatic nitrogens is 2. The van der Waals surface area contributed by atoms with Crippen molar-refractivity contribution >= 4 is 39.1 Å². The van der Waals surface area contributed by atoms with E-state index in [0.29, 0.717) is 11.0 Å². The number of rotatable bonds is 5. The van der Waals surface area contributed by atoms with Crippen molar-refractivity contribution in [1.29, 1.82) is 0 Å². The van der Waals surface area contributed by atoms with Crippen LogP contribution < -0.4 is 10.5 Å². The molecule has 4 rings (SSSR count). The van der Waals surface area contributed by atoms with E-state index in [1.807, 2.05) is 31.3 Å². The van der Waals surface area contributed by atoms with E-state index in [0.717, 1.165) is 54.8 Å². The summed E-state index contributed by atoms with van der Waals surface area (Å²) < 4.78 is 1.73. The van der Waals surface area contributed by atoms with Gasteiger partial charge in [0.1, 0.15) is 4.83 Å². The van der Waals surface area contributed by atoms with Gasteiger partial charge in [-0.05, 0) is 43.7 Å². The van der Waals surface area contributed by atoms with Gasteiger partial charge in [-0.3, -0.25) is 4.79 Å². The highest BCUT2D eigenvalue weighted by Crippen LogP contribution is 2.33. The predicted octanol–water partition coefficient (Wildman–Crippen LogP) is 4.32. The monoisotopic (exact) mass is 416 g/mol. The summed E-state index contributed by atoms with van der Waals surface area (Å²) >= 11 is 7.90. The van der Waals surface area contributed by atoms with Crippen molar-refractivity contribution in [2.24, 2.45) is 0 Å². The zero-order valence-electron chi connectivity index (χ0n) is 16.5. The van der Waals surface area contributed by atoms with Crippen LogP contribution in [0.5, 0.6) is 0 Å². The average molecular weight is 417 g/mol. The van der Waals surface area contributed by atoms with Crippen LogP contribution in [0.3, 0.4) is 0 Å². The van der Waals surface area contributed by atoms with Crippen molar-refractivity contribution in [2.45, 2.75) is 32.7 Å². The second-order valence-electron chi connectivity index (χ2n) is 7.48. The van der Waals surface area contributed by atoms with Crippen LogP contribution in [0.25, 0.3) is 15.9 Å². The first-order valence-electron chi connectivity index (χ1n) is 9.72. The summed E-state index contributed by atoms with van der Waals surface area (Å²) in [5, 5.41) is 1.39. The van der Waals surface area contributed by atoms with E-state index >= 15 is 0 Å². The van der Waals surface area contributed by atoms with E-state index in [4.69, 9.17) is 16.6 Å². The molecule has 1 aromatic carbocycles. The molecule has 0 bridgehead atoms. The fraction of sp³-hybridized carbons (Fsp3) is 0.429. The van der Waals surface area contributed by atoms with Gasteiger partial charge in [-0.15, -0.1) is 11.3 Å². The molecule has 0 saturated carbocycles. The molecule has 0 radical (unpaired) electrons. The lowest BCUT2D eigenvalue weighted by Crippen LogP contribution is -2.31. The normalized spacial score (nSPS) is 14.4. The fourth-order valence-corrected chi connectivity index (χ4v) is 5.23. The topological polar surface area (TPSA) is 41.4 Å². The number of nitrogens with zero attached hydrogens (tertiary/aromatic N) is 4. The molecule has 7 heteroatoms. The molecule has 1 aliphatic heterocycles. The molecule has 148 valence electrons. The first-order chi connectivity index (χ1) is 13.5. The molecule has 0 saturated heterocycles. The maximum absolute atomic E-state index is 13.7. The molecule has 0 atom stereocenters. The van der Waals surface area contributed by atoms with Gasteiger partial charge in [0.2, 0.25) is 5.95 Å². The summed E-state index contributed by atoms with van der Waals surface area (Å²) in [4.78, 5) is 25.2. The first-order valence-corrected chi connectivity index (χ1v) is 10.9. The lowest BCUT2D eigenvalue weighted by molar-refractivity contribution is 0.318. The number of likely N-dealkylation sites (N-methyl/N-ethyl adjacent to an activating group) is 1. The van der Waals surface area contributed by atoms with Gasteiger partial charge in [0.25, 0.3) is 5.56 Å². The third-order valence-electron chi connectivity index (χ3n) is 5.30. The average Bonchev–Trinajstić information content (AvgIpc) is 3.03. The Bertz CT molecular complexity index is 1070. The van der Waals surface area contributed by atoms with Crippen molar-refractivity contribution in [1.82, 2.24) is 14.5 Å². The van der Waals surface area contributed by atoms with Crippen molar-refractivity contribution in [3.05, 3.63) is 50.1 Å². The standard InChI is InChI=1S/C21H25ClN4OS/c1-4-5-10-25(3)21-23-19-18(16-9-11-24(2)13-17(16)28-19)20(27)26(21)15-8-6-7-14(22)12-15/h6-8,12H,4-5,9-11,13H2,1-3H3. The quantitative estimate of drug-likeness (QED) is 0.621. The van der Waals surface area contributed by atoms with Gasteiger partial charge < -0.3 is 9.80 Å². The third-order valence-corrected chi connectivity index (χ3v) is 6.65. The molecule has 0 unspecified atom stereocenters. The summed E-state index contributed by atoms with van der Waals surface area (Å²) in [6.07, 6.45) is 3.03. The highest BCUT2D eigenvalue weighted by atomic mass is 35.5. The van der Waals surface area contributed by atoms with Crippen molar-refractivity contribution in [2.75, 3.05) is 32.1 Å². The fourth-order valence-electron chi connectivity index (χ4n) is 3.76.